The number of nitrogens with two attached hydrogens (primary N) is 1. The first-order valence-electron chi connectivity index (χ1n) is 6.01. The molecular formula is C10H13N5O3. The fourth-order valence-corrected chi connectivity index (χ4v) is 2.11. The number of rotatable bonds is 2. The fourth-order valence-electron chi connectivity index (χ4n) is 2.11. The molecule has 1 aliphatic heterocycles. The van der Waals surface area contributed by atoms with Gasteiger partial charge in [-0.1, -0.05) is 0 Å². The van der Waals surface area contributed by atoms with E-state index >= 15 is 0 Å². The van der Waals surface area contributed by atoms with Crippen molar-refractivity contribution in [2.45, 2.75) is 24.9 Å². The molecule has 0 aliphatic carbocycles. The summed E-state index contributed by atoms with van der Waals surface area (Å²) in [4.78, 5) is 11.7. The van der Waals surface area contributed by atoms with Crippen molar-refractivity contribution >= 4 is 17.0 Å². The number of imidazole rings is 1. The second-order valence-corrected chi connectivity index (χ2v) is 4.17. The molecule has 3 heterocycles. The van der Waals surface area contributed by atoms with Gasteiger partial charge in [0.2, 0.25) is 0 Å². The second kappa shape index (κ2) is 4.16. The van der Waals surface area contributed by atoms with E-state index in [2.05, 4.69) is 15.0 Å². The van der Waals surface area contributed by atoms with Crippen LogP contribution in [0.25, 0.3) is 11.2 Å². The summed E-state index contributed by atoms with van der Waals surface area (Å²) in [5, 5.41) is 19.0. The average Bonchev–Trinajstić information content (AvgIpc) is 2.92. The van der Waals surface area contributed by atoms with Crippen LogP contribution in [0.2, 0.25) is 0 Å². The van der Waals surface area contributed by atoms with Crippen molar-refractivity contribution in [3.05, 3.63) is 12.6 Å². The molecule has 2 aromatic heterocycles. The summed E-state index contributed by atoms with van der Waals surface area (Å²) >= 11 is 0. The van der Waals surface area contributed by atoms with Crippen LogP contribution in [0.3, 0.4) is 0 Å². The van der Waals surface area contributed by atoms with E-state index < -0.39 is 18.4 Å². The topological polar surface area (TPSA) is 119 Å². The third-order valence-electron chi connectivity index (χ3n) is 2.98. The quantitative estimate of drug-likeness (QED) is 0.630. The van der Waals surface area contributed by atoms with Gasteiger partial charge >= 0.3 is 0 Å². The zero-order valence-corrected chi connectivity index (χ0v) is 9.39. The van der Waals surface area contributed by atoms with Crippen LogP contribution >= 0.6 is 0 Å². The van der Waals surface area contributed by atoms with Gasteiger partial charge in [-0.05, 0) is 0 Å². The van der Waals surface area contributed by atoms with E-state index in [1.54, 1.807) is 0 Å². The molecule has 96 valence electrons. The number of aliphatic hydroxyl groups is 2. The predicted octanol–water partition coefficient (Wildman–Crippen LogP) is -0.951. The van der Waals surface area contributed by atoms with Gasteiger partial charge in [0.15, 0.2) is 17.7 Å². The monoisotopic (exact) mass is 252 g/mol. The molecule has 1 aliphatic rings. The van der Waals surface area contributed by atoms with Crippen LogP contribution < -0.4 is 5.73 Å². The molecule has 0 spiro atoms. The summed E-state index contributed by atoms with van der Waals surface area (Å²) in [5.74, 6) is 0.111. The Labute approximate surface area is 103 Å². The number of aromatic nitrogens is 4. The molecule has 0 radical (unpaired) electrons. The zero-order chi connectivity index (χ0) is 13.6. The lowest BCUT2D eigenvalue weighted by Crippen LogP contribution is -2.19. The summed E-state index contributed by atoms with van der Waals surface area (Å²) < 4.78 is 14.5. The third-order valence-corrected chi connectivity index (χ3v) is 2.98. The van der Waals surface area contributed by atoms with E-state index in [1.807, 2.05) is 0 Å². The largest absolute Gasteiger partial charge is 0.394 e. The summed E-state index contributed by atoms with van der Waals surface area (Å²) in [6.45, 7) is -0.166. The van der Waals surface area contributed by atoms with E-state index in [4.69, 9.17) is 16.9 Å². The van der Waals surface area contributed by atoms with Crippen LogP contribution in [-0.4, -0.2) is 48.5 Å². The van der Waals surface area contributed by atoms with Crippen LogP contribution in [0.1, 0.15) is 14.0 Å². The summed E-state index contributed by atoms with van der Waals surface area (Å²) in [7, 11) is 0. The van der Waals surface area contributed by atoms with Gasteiger partial charge in [-0.2, -0.15) is 0 Å². The van der Waals surface area contributed by atoms with Crippen LogP contribution in [0.15, 0.2) is 12.6 Å². The minimum absolute atomic E-state index is 0.111. The lowest BCUT2D eigenvalue weighted by Gasteiger charge is -2.16. The summed E-state index contributed by atoms with van der Waals surface area (Å²) in [6.07, 6.45) is -0.362. The fraction of sp³-hybridized carbons (Fsp3) is 0.500. The van der Waals surface area contributed by atoms with Crippen LogP contribution in [0.4, 0.5) is 5.82 Å². The third kappa shape index (κ3) is 1.62. The molecule has 1 saturated heterocycles. The highest BCUT2D eigenvalue weighted by Gasteiger charge is 2.35. The Kier molecular flexibility index (Phi) is 2.35. The second-order valence-electron chi connectivity index (χ2n) is 4.17. The molecule has 0 bridgehead atoms. The minimum atomic E-state index is -0.778. The number of nitrogen functional groups attached to an aromatic ring is 1. The molecule has 3 atom stereocenters. The number of hydrogen-bond donors (Lipinski definition) is 3. The molecule has 8 nitrogen and oxygen atoms in total. The molecule has 8 heteroatoms. The van der Waals surface area contributed by atoms with Gasteiger partial charge in [0.05, 0.1) is 19.0 Å². The normalized spacial score (nSPS) is 28.8. The van der Waals surface area contributed by atoms with E-state index in [0.29, 0.717) is 17.6 Å². The maximum atomic E-state index is 9.95. The van der Waals surface area contributed by atoms with Gasteiger partial charge in [0, 0.05) is 6.42 Å². The Bertz CT molecular complexity index is 618. The zero-order valence-electron chi connectivity index (χ0n) is 10.4. The number of nitrogens with zero attached hydrogens (tertiary/aromatic N) is 4. The number of hydrogen-bond acceptors (Lipinski definition) is 7. The van der Waals surface area contributed by atoms with Crippen molar-refractivity contribution in [1.82, 2.24) is 19.5 Å². The van der Waals surface area contributed by atoms with Crippen molar-refractivity contribution in [2.75, 3.05) is 12.3 Å². The molecule has 4 N–H and O–H groups in total. The van der Waals surface area contributed by atoms with Crippen molar-refractivity contribution in [3.63, 3.8) is 0 Å². The van der Waals surface area contributed by atoms with E-state index in [1.165, 1.54) is 10.9 Å². The lowest BCUT2D eigenvalue weighted by atomic mass is 10.2. The Morgan fingerprint density at radius 3 is 3.11 bits per heavy atom. The highest BCUT2D eigenvalue weighted by Crippen LogP contribution is 2.31. The molecule has 0 unspecified atom stereocenters. The molecule has 0 aromatic carbocycles. The van der Waals surface area contributed by atoms with Gasteiger partial charge < -0.3 is 20.7 Å². The Balaban J connectivity index is 2.06. The van der Waals surface area contributed by atoms with E-state index in [9.17, 15) is 5.11 Å². The van der Waals surface area contributed by atoms with Gasteiger partial charge in [0.25, 0.3) is 0 Å². The van der Waals surface area contributed by atoms with Crippen molar-refractivity contribution < 1.29 is 16.3 Å². The number of aliphatic hydroxyl groups excluding tert-OH is 2. The molecule has 0 saturated carbocycles. The van der Waals surface area contributed by atoms with Gasteiger partial charge in [-0.25, -0.2) is 15.0 Å². The highest BCUT2D eigenvalue weighted by molar-refractivity contribution is 5.81. The summed E-state index contributed by atoms with van der Waals surface area (Å²) in [6, 6.07) is 0. The first-order chi connectivity index (χ1) is 9.10. The average molecular weight is 252 g/mol. The summed E-state index contributed by atoms with van der Waals surface area (Å²) in [5.41, 5.74) is 6.36. The smallest absolute Gasteiger partial charge is 0.167 e. The molecule has 2 aromatic rings. The van der Waals surface area contributed by atoms with E-state index in [0.717, 1.165) is 0 Å². The Morgan fingerprint density at radius 2 is 2.39 bits per heavy atom. The molecule has 3 rings (SSSR count). The Morgan fingerprint density at radius 1 is 1.56 bits per heavy atom. The van der Waals surface area contributed by atoms with Crippen LogP contribution in [-0.2, 0) is 4.74 Å². The van der Waals surface area contributed by atoms with Gasteiger partial charge in [-0.15, -0.1) is 0 Å². The Hall–Kier alpha value is -1.77. The van der Waals surface area contributed by atoms with E-state index in [-0.39, 0.29) is 18.7 Å². The first kappa shape index (κ1) is 10.2. The van der Waals surface area contributed by atoms with Gasteiger partial charge in [-0.3, -0.25) is 4.57 Å². The molecule has 18 heavy (non-hydrogen) atoms. The maximum absolute atomic E-state index is 9.95. The van der Waals surface area contributed by atoms with Crippen LogP contribution in [0, 0.1) is 0 Å². The van der Waals surface area contributed by atoms with Crippen molar-refractivity contribution in [2.24, 2.45) is 0 Å². The van der Waals surface area contributed by atoms with Crippen LogP contribution in [0.5, 0.6) is 0 Å². The minimum Gasteiger partial charge on any atom is -0.394 e. The number of fused-ring (bicyclic) bond motifs is 1. The van der Waals surface area contributed by atoms with Crippen molar-refractivity contribution in [1.29, 1.82) is 0 Å². The number of ether oxygens (including phenoxy) is 1. The highest BCUT2D eigenvalue weighted by atomic mass is 16.5. The van der Waals surface area contributed by atoms with Crippen molar-refractivity contribution in [3.8, 4) is 0 Å². The lowest BCUT2D eigenvalue weighted by molar-refractivity contribution is -0.0486. The molecular weight excluding hydrogens is 238 g/mol. The predicted molar refractivity (Wildman–Crippen MR) is 61.4 cm³/mol. The molecule has 1 fully saturated rings. The molecule has 0 amide bonds. The first-order valence-corrected chi connectivity index (χ1v) is 5.51. The standard InChI is InChI=1S/C10H13N5O3/c11-8-7-9(13-3-12-8)15(4-14-7)10-6(17)1-5(2-16)18-10/h3-6,10,16-17H,1-2H2,(H2,11,12,13)/t5-,6+,10+/m0/s1/i3D. The SMILES string of the molecule is [2H]c1nc(N)c2ncn([C@@H]3O[C@H](CO)C[C@H]3O)c2n1. The maximum Gasteiger partial charge on any atom is 0.167 e. The van der Waals surface area contributed by atoms with Gasteiger partial charge in [0.1, 0.15) is 19.3 Å². The number of anilines is 1.